The van der Waals surface area contributed by atoms with Crippen LogP contribution in [-0.2, 0) is 0 Å². The molecule has 0 amide bonds. The Labute approximate surface area is 121 Å². The van der Waals surface area contributed by atoms with Crippen molar-refractivity contribution in [2.24, 2.45) is 0 Å². The first-order valence-corrected chi connectivity index (χ1v) is 6.68. The van der Waals surface area contributed by atoms with Crippen molar-refractivity contribution in [1.29, 1.82) is 0 Å². The topological polar surface area (TPSA) is 29.9 Å². The monoisotopic (exact) mass is 299 g/mol. The summed E-state index contributed by atoms with van der Waals surface area (Å²) in [5.41, 5.74) is 1.32. The van der Waals surface area contributed by atoms with Gasteiger partial charge in [-0.3, -0.25) is 4.68 Å². The molecule has 1 unspecified atom stereocenters. The molecule has 0 radical (unpaired) electrons. The molecule has 1 heterocycles. The molecule has 0 saturated heterocycles. The van der Waals surface area contributed by atoms with Crippen LogP contribution in [0, 0.1) is 11.6 Å². The Morgan fingerprint density at radius 3 is 2.50 bits per heavy atom. The highest BCUT2D eigenvalue weighted by molar-refractivity contribution is 6.31. The fourth-order valence-corrected chi connectivity index (χ4v) is 2.42. The van der Waals surface area contributed by atoms with Crippen LogP contribution < -0.4 is 5.32 Å². The first-order valence-electron chi connectivity index (χ1n) is 6.30. The lowest BCUT2D eigenvalue weighted by Gasteiger charge is -2.21. The van der Waals surface area contributed by atoms with Gasteiger partial charge in [-0.05, 0) is 38.6 Å². The summed E-state index contributed by atoms with van der Waals surface area (Å²) < 4.78 is 28.2. The van der Waals surface area contributed by atoms with E-state index < -0.39 is 11.6 Å². The fraction of sp³-hybridized carbons (Fsp3) is 0.357. The maximum absolute atomic E-state index is 13.4. The molecule has 1 aromatic heterocycles. The van der Waals surface area contributed by atoms with Crippen LogP contribution in [-0.4, -0.2) is 16.8 Å². The number of benzene rings is 1. The van der Waals surface area contributed by atoms with Crippen molar-refractivity contribution in [3.05, 3.63) is 52.3 Å². The lowest BCUT2D eigenvalue weighted by atomic mass is 10.0. The Kier molecular flexibility index (Phi) is 4.40. The van der Waals surface area contributed by atoms with Crippen molar-refractivity contribution < 1.29 is 8.78 Å². The van der Waals surface area contributed by atoms with Gasteiger partial charge in [0.15, 0.2) is 11.6 Å². The number of hydrogen-bond donors (Lipinski definition) is 1. The molecule has 0 spiro atoms. The summed E-state index contributed by atoms with van der Waals surface area (Å²) in [4.78, 5) is 0. The zero-order valence-corrected chi connectivity index (χ0v) is 12.2. The molecule has 6 heteroatoms. The van der Waals surface area contributed by atoms with Gasteiger partial charge < -0.3 is 5.32 Å². The zero-order chi connectivity index (χ0) is 14.9. The van der Waals surface area contributed by atoms with Crippen LogP contribution in [0.2, 0.25) is 5.02 Å². The average Bonchev–Trinajstić information content (AvgIpc) is 2.77. The zero-order valence-electron chi connectivity index (χ0n) is 11.5. The largest absolute Gasteiger partial charge is 0.308 e. The van der Waals surface area contributed by atoms with E-state index in [0.29, 0.717) is 10.6 Å². The first kappa shape index (κ1) is 14.9. The van der Waals surface area contributed by atoms with Crippen molar-refractivity contribution in [3.63, 3.8) is 0 Å². The predicted molar refractivity (Wildman–Crippen MR) is 74.9 cm³/mol. The Morgan fingerprint density at radius 1 is 1.25 bits per heavy atom. The van der Waals surface area contributed by atoms with Gasteiger partial charge in [0.25, 0.3) is 0 Å². The molecule has 0 aliphatic carbocycles. The van der Waals surface area contributed by atoms with Gasteiger partial charge in [0, 0.05) is 6.04 Å². The van der Waals surface area contributed by atoms with Crippen LogP contribution in [0.4, 0.5) is 8.78 Å². The highest BCUT2D eigenvalue weighted by Gasteiger charge is 2.22. The van der Waals surface area contributed by atoms with Gasteiger partial charge in [-0.1, -0.05) is 17.7 Å². The van der Waals surface area contributed by atoms with Crippen molar-refractivity contribution in [2.75, 3.05) is 7.05 Å². The highest BCUT2D eigenvalue weighted by atomic mass is 35.5. The van der Waals surface area contributed by atoms with Crippen molar-refractivity contribution in [2.45, 2.75) is 25.9 Å². The van der Waals surface area contributed by atoms with Crippen LogP contribution in [0.15, 0.2) is 24.4 Å². The predicted octanol–water partition coefficient (Wildman–Crippen LogP) is 3.70. The lowest BCUT2D eigenvalue weighted by molar-refractivity contribution is 0.479. The second kappa shape index (κ2) is 5.89. The molecular formula is C14H16ClF2N3. The van der Waals surface area contributed by atoms with Crippen LogP contribution in [0.1, 0.15) is 37.2 Å². The Balaban J connectivity index is 2.52. The molecule has 1 N–H and O–H groups in total. The number of aromatic nitrogens is 2. The van der Waals surface area contributed by atoms with Crippen LogP contribution in [0.3, 0.4) is 0 Å². The molecule has 2 aromatic rings. The van der Waals surface area contributed by atoms with Gasteiger partial charge in [-0.2, -0.15) is 5.10 Å². The number of rotatable bonds is 4. The molecule has 1 atom stereocenters. The molecular weight excluding hydrogens is 284 g/mol. The van der Waals surface area contributed by atoms with Crippen LogP contribution in [0.5, 0.6) is 0 Å². The minimum atomic E-state index is -0.880. The number of hydrogen-bond acceptors (Lipinski definition) is 2. The second-order valence-electron chi connectivity index (χ2n) is 4.81. The molecule has 0 saturated carbocycles. The van der Waals surface area contributed by atoms with E-state index in [9.17, 15) is 8.78 Å². The van der Waals surface area contributed by atoms with Gasteiger partial charge in [-0.25, -0.2) is 8.78 Å². The Bertz CT molecular complexity index is 610. The van der Waals surface area contributed by atoms with Gasteiger partial charge in [0.05, 0.1) is 23.0 Å². The molecule has 20 heavy (non-hydrogen) atoms. The van der Waals surface area contributed by atoms with E-state index in [0.717, 1.165) is 11.8 Å². The maximum Gasteiger partial charge on any atom is 0.159 e. The van der Waals surface area contributed by atoms with E-state index >= 15 is 0 Å². The number of nitrogens with zero attached hydrogens (tertiary/aromatic N) is 2. The smallest absolute Gasteiger partial charge is 0.159 e. The third-order valence-electron chi connectivity index (χ3n) is 3.12. The number of nitrogens with one attached hydrogen (secondary N) is 1. The molecule has 1 aromatic carbocycles. The average molecular weight is 300 g/mol. The van der Waals surface area contributed by atoms with E-state index in [1.54, 1.807) is 17.9 Å². The molecule has 2 rings (SSSR count). The standard InChI is InChI=1S/C14H16ClF2N3/c1-8(2)20-14(10(15)7-19-20)13(18-3)9-4-5-11(16)12(17)6-9/h4-8,13,18H,1-3H3. The van der Waals surface area contributed by atoms with Gasteiger partial charge in [-0.15, -0.1) is 0 Å². The van der Waals surface area contributed by atoms with E-state index in [4.69, 9.17) is 11.6 Å². The minimum absolute atomic E-state index is 0.110. The van der Waals surface area contributed by atoms with Crippen LogP contribution in [0.25, 0.3) is 0 Å². The van der Waals surface area contributed by atoms with Gasteiger partial charge in [0.1, 0.15) is 0 Å². The van der Waals surface area contributed by atoms with Crippen molar-refractivity contribution in [1.82, 2.24) is 15.1 Å². The SMILES string of the molecule is CNC(c1ccc(F)c(F)c1)c1c(Cl)cnn1C(C)C. The summed E-state index contributed by atoms with van der Waals surface area (Å²) >= 11 is 6.19. The van der Waals surface area contributed by atoms with Crippen molar-refractivity contribution in [3.8, 4) is 0 Å². The summed E-state index contributed by atoms with van der Waals surface area (Å²) in [7, 11) is 1.74. The Morgan fingerprint density at radius 2 is 1.95 bits per heavy atom. The second-order valence-corrected chi connectivity index (χ2v) is 5.22. The van der Waals surface area contributed by atoms with E-state index in [2.05, 4.69) is 10.4 Å². The third kappa shape index (κ3) is 2.69. The quantitative estimate of drug-likeness (QED) is 0.933. The molecule has 0 aliphatic heterocycles. The summed E-state index contributed by atoms with van der Waals surface area (Å²) in [5.74, 6) is -1.75. The van der Waals surface area contributed by atoms with E-state index in [-0.39, 0.29) is 12.1 Å². The summed E-state index contributed by atoms with van der Waals surface area (Å²) in [6.45, 7) is 3.95. The molecule has 108 valence electrons. The molecule has 0 bridgehead atoms. The fourth-order valence-electron chi connectivity index (χ4n) is 2.19. The minimum Gasteiger partial charge on any atom is -0.308 e. The Hall–Kier alpha value is -1.46. The highest BCUT2D eigenvalue weighted by Crippen LogP contribution is 2.30. The van der Waals surface area contributed by atoms with Crippen molar-refractivity contribution >= 4 is 11.6 Å². The maximum atomic E-state index is 13.4. The third-order valence-corrected chi connectivity index (χ3v) is 3.41. The van der Waals surface area contributed by atoms with E-state index in [1.807, 2.05) is 13.8 Å². The summed E-state index contributed by atoms with van der Waals surface area (Å²) in [6, 6.07) is 3.57. The summed E-state index contributed by atoms with van der Waals surface area (Å²) in [5, 5.41) is 7.78. The van der Waals surface area contributed by atoms with Gasteiger partial charge >= 0.3 is 0 Å². The lowest BCUT2D eigenvalue weighted by Crippen LogP contribution is -2.23. The van der Waals surface area contributed by atoms with Gasteiger partial charge in [0.2, 0.25) is 0 Å². The summed E-state index contributed by atoms with van der Waals surface area (Å²) in [6.07, 6.45) is 1.56. The normalized spacial score (nSPS) is 12.9. The first-order chi connectivity index (χ1) is 9.45. The molecule has 0 fully saturated rings. The molecule has 0 aliphatic rings. The van der Waals surface area contributed by atoms with Crippen LogP contribution >= 0.6 is 11.6 Å². The molecule has 3 nitrogen and oxygen atoms in total. The number of halogens is 3. The van der Waals surface area contributed by atoms with E-state index in [1.165, 1.54) is 12.1 Å².